The van der Waals surface area contributed by atoms with Crippen LogP contribution in [0, 0.1) is 11.6 Å². The smallest absolute Gasteiger partial charge is 0.353 e. The third-order valence-corrected chi connectivity index (χ3v) is 2.71. The van der Waals surface area contributed by atoms with Crippen molar-refractivity contribution in [3.8, 4) is 11.3 Å². The number of carbonyl (C=O) groups is 1. The number of halogens is 2. The van der Waals surface area contributed by atoms with Crippen LogP contribution in [0.4, 0.5) is 8.78 Å². The zero-order valence-electron chi connectivity index (χ0n) is 9.28. The van der Waals surface area contributed by atoms with Gasteiger partial charge in [0.15, 0.2) is 11.4 Å². The van der Waals surface area contributed by atoms with Crippen molar-refractivity contribution in [1.29, 1.82) is 0 Å². The van der Waals surface area contributed by atoms with Crippen LogP contribution in [0.15, 0.2) is 28.9 Å². The summed E-state index contributed by atoms with van der Waals surface area (Å²) in [6.45, 7) is 0. The summed E-state index contributed by atoms with van der Waals surface area (Å²) in [5.74, 6) is -2.88. The lowest BCUT2D eigenvalue weighted by Crippen LogP contribution is -1.95. The molecule has 0 saturated heterocycles. The average molecular weight is 264 g/mol. The first kappa shape index (κ1) is 11.4. The van der Waals surface area contributed by atoms with Crippen molar-refractivity contribution in [2.45, 2.75) is 0 Å². The summed E-state index contributed by atoms with van der Waals surface area (Å²) in [7, 11) is 0. The minimum atomic E-state index is -1.22. The molecule has 3 rings (SSSR count). The van der Waals surface area contributed by atoms with Crippen LogP contribution in [0.2, 0.25) is 0 Å². The molecule has 7 heteroatoms. The Bertz CT molecular complexity index is 791. The molecule has 0 saturated carbocycles. The molecule has 0 aliphatic rings. The molecule has 0 atom stereocenters. The largest absolute Gasteiger partial charge is 0.477 e. The molecule has 0 unspecified atom stereocenters. The van der Waals surface area contributed by atoms with Gasteiger partial charge in [0.1, 0.15) is 11.5 Å². The summed E-state index contributed by atoms with van der Waals surface area (Å²) < 4.78 is 32.2. The molecule has 2 N–H and O–H groups in total. The molecule has 0 spiro atoms. The Morgan fingerprint density at radius 3 is 2.79 bits per heavy atom. The fourth-order valence-electron chi connectivity index (χ4n) is 1.89. The second kappa shape index (κ2) is 3.91. The number of carboxylic acid groups (broad SMARTS) is 1. The van der Waals surface area contributed by atoms with Gasteiger partial charge in [-0.3, -0.25) is 5.10 Å². The third kappa shape index (κ3) is 1.67. The number of hydrogen-bond acceptors (Lipinski definition) is 3. The highest BCUT2D eigenvalue weighted by atomic mass is 19.1. The molecular weight excluding hydrogens is 258 g/mol. The molecule has 1 aromatic carbocycles. The topological polar surface area (TPSA) is 79.1 Å². The Balaban J connectivity index is 2.29. The molecule has 3 aromatic rings. The highest BCUT2D eigenvalue weighted by molar-refractivity contribution is 5.95. The first-order chi connectivity index (χ1) is 9.08. The van der Waals surface area contributed by atoms with Crippen LogP contribution in [0.25, 0.3) is 22.2 Å². The number of nitrogens with zero attached hydrogens (tertiary/aromatic N) is 1. The van der Waals surface area contributed by atoms with Crippen LogP contribution in [0.5, 0.6) is 0 Å². The van der Waals surface area contributed by atoms with Crippen LogP contribution in [-0.2, 0) is 0 Å². The van der Waals surface area contributed by atoms with Gasteiger partial charge < -0.3 is 9.52 Å². The Labute approximate surface area is 104 Å². The number of aromatic carboxylic acids is 1. The van der Waals surface area contributed by atoms with Crippen LogP contribution >= 0.6 is 0 Å². The van der Waals surface area contributed by atoms with E-state index in [1.54, 1.807) is 0 Å². The summed E-state index contributed by atoms with van der Waals surface area (Å²) in [6.07, 6.45) is 1.22. The van der Waals surface area contributed by atoms with Crippen molar-refractivity contribution in [3.05, 3.63) is 41.8 Å². The number of benzene rings is 1. The van der Waals surface area contributed by atoms with Gasteiger partial charge in [0.05, 0.1) is 12.0 Å². The van der Waals surface area contributed by atoms with Gasteiger partial charge in [-0.15, -0.1) is 0 Å². The van der Waals surface area contributed by atoms with Gasteiger partial charge >= 0.3 is 5.97 Å². The number of furan rings is 1. The lowest BCUT2D eigenvalue weighted by molar-refractivity contribution is 0.0690. The molecule has 96 valence electrons. The SMILES string of the molecule is O=C(O)c1cc(-c2c(F)cc(F)c3occc23)n[nH]1. The first-order valence-corrected chi connectivity index (χ1v) is 5.22. The Morgan fingerprint density at radius 1 is 1.32 bits per heavy atom. The number of aromatic amines is 1. The van der Waals surface area contributed by atoms with Crippen molar-refractivity contribution >= 4 is 16.9 Å². The Hall–Kier alpha value is -2.70. The van der Waals surface area contributed by atoms with Crippen LogP contribution < -0.4 is 0 Å². The van der Waals surface area contributed by atoms with E-state index in [9.17, 15) is 13.6 Å². The fraction of sp³-hybridized carbons (Fsp3) is 0. The lowest BCUT2D eigenvalue weighted by Gasteiger charge is -2.01. The molecule has 5 nitrogen and oxygen atoms in total. The van der Waals surface area contributed by atoms with Crippen LogP contribution in [0.1, 0.15) is 10.5 Å². The predicted octanol–water partition coefficient (Wildman–Crippen LogP) is 2.80. The number of aromatic nitrogens is 2. The van der Waals surface area contributed by atoms with E-state index in [4.69, 9.17) is 9.52 Å². The van der Waals surface area contributed by atoms with E-state index in [0.717, 1.165) is 0 Å². The van der Waals surface area contributed by atoms with Crippen molar-refractivity contribution in [1.82, 2.24) is 10.2 Å². The van der Waals surface area contributed by atoms with E-state index < -0.39 is 17.6 Å². The number of carboxylic acids is 1. The maximum absolute atomic E-state index is 13.9. The van der Waals surface area contributed by atoms with Crippen molar-refractivity contribution in [2.75, 3.05) is 0 Å². The second-order valence-corrected chi connectivity index (χ2v) is 3.85. The third-order valence-electron chi connectivity index (χ3n) is 2.71. The van der Waals surface area contributed by atoms with Gasteiger partial charge in [-0.25, -0.2) is 13.6 Å². The van der Waals surface area contributed by atoms with Gasteiger partial charge in [0.25, 0.3) is 0 Å². The predicted molar refractivity (Wildman–Crippen MR) is 60.7 cm³/mol. The second-order valence-electron chi connectivity index (χ2n) is 3.85. The van der Waals surface area contributed by atoms with Gasteiger partial charge in [-0.05, 0) is 12.1 Å². The Kier molecular flexibility index (Phi) is 2.34. The van der Waals surface area contributed by atoms with Crippen molar-refractivity contribution < 1.29 is 23.1 Å². The summed E-state index contributed by atoms with van der Waals surface area (Å²) >= 11 is 0. The van der Waals surface area contributed by atoms with Gasteiger partial charge in [-0.2, -0.15) is 5.10 Å². The number of H-pyrrole nitrogens is 1. The van der Waals surface area contributed by atoms with Gasteiger partial charge in [0, 0.05) is 17.0 Å². The number of fused-ring (bicyclic) bond motifs is 1. The quantitative estimate of drug-likeness (QED) is 0.745. The van der Waals surface area contributed by atoms with E-state index in [0.29, 0.717) is 6.07 Å². The molecule has 0 radical (unpaired) electrons. The minimum Gasteiger partial charge on any atom is -0.477 e. The normalized spacial score (nSPS) is 11.1. The molecule has 0 amide bonds. The standard InChI is InChI=1S/C12H6F2N2O3/c13-6-3-7(14)11-5(1-2-19-11)10(6)8-4-9(12(17)18)16-15-8/h1-4H,(H,15,16)(H,17,18). The maximum Gasteiger partial charge on any atom is 0.353 e. The first-order valence-electron chi connectivity index (χ1n) is 5.22. The molecule has 0 aliphatic carbocycles. The number of rotatable bonds is 2. The number of nitrogens with one attached hydrogen (secondary N) is 1. The van der Waals surface area contributed by atoms with Crippen molar-refractivity contribution in [2.24, 2.45) is 0 Å². The van der Waals surface area contributed by atoms with Crippen LogP contribution in [-0.4, -0.2) is 21.3 Å². The summed E-state index contributed by atoms with van der Waals surface area (Å²) in [6, 6.07) is 3.24. The number of hydrogen-bond donors (Lipinski definition) is 2. The molecular formula is C12H6F2N2O3. The highest BCUT2D eigenvalue weighted by Gasteiger charge is 2.19. The van der Waals surface area contributed by atoms with E-state index >= 15 is 0 Å². The molecule has 2 heterocycles. The van der Waals surface area contributed by atoms with E-state index in [2.05, 4.69) is 10.2 Å². The average Bonchev–Trinajstić information content (AvgIpc) is 2.97. The van der Waals surface area contributed by atoms with Gasteiger partial charge in [-0.1, -0.05) is 0 Å². The summed E-state index contributed by atoms with van der Waals surface area (Å²) in [5.41, 5.74) is -0.221. The van der Waals surface area contributed by atoms with E-state index in [1.165, 1.54) is 18.4 Å². The molecule has 0 bridgehead atoms. The highest BCUT2D eigenvalue weighted by Crippen LogP contribution is 2.32. The zero-order valence-corrected chi connectivity index (χ0v) is 9.28. The molecule has 2 aromatic heterocycles. The maximum atomic E-state index is 13.9. The molecule has 0 aliphatic heterocycles. The fourth-order valence-corrected chi connectivity index (χ4v) is 1.89. The van der Waals surface area contributed by atoms with Crippen molar-refractivity contribution in [3.63, 3.8) is 0 Å². The van der Waals surface area contributed by atoms with E-state index in [1.807, 2.05) is 0 Å². The minimum absolute atomic E-state index is 0.00565. The van der Waals surface area contributed by atoms with Gasteiger partial charge in [0.2, 0.25) is 0 Å². The van der Waals surface area contributed by atoms with Crippen LogP contribution in [0.3, 0.4) is 0 Å². The summed E-state index contributed by atoms with van der Waals surface area (Å²) in [4.78, 5) is 10.8. The molecule has 0 fully saturated rings. The monoisotopic (exact) mass is 264 g/mol. The summed E-state index contributed by atoms with van der Waals surface area (Å²) in [5, 5.41) is 15.0. The Morgan fingerprint density at radius 2 is 2.11 bits per heavy atom. The lowest BCUT2D eigenvalue weighted by atomic mass is 10.1. The molecule has 19 heavy (non-hydrogen) atoms. The zero-order chi connectivity index (χ0) is 13.6. The van der Waals surface area contributed by atoms with E-state index in [-0.39, 0.29) is 27.9 Å².